The molecule has 0 spiro atoms. The summed E-state index contributed by atoms with van der Waals surface area (Å²) in [5.74, 6) is 1.39. The molecular weight excluding hydrogens is 364 g/mol. The van der Waals surface area contributed by atoms with Crippen LogP contribution in [0.5, 0.6) is 0 Å². The van der Waals surface area contributed by atoms with Crippen LogP contribution in [0.15, 0.2) is 52.9 Å². The Kier molecular flexibility index (Phi) is 5.06. The van der Waals surface area contributed by atoms with Crippen LogP contribution in [0.2, 0.25) is 0 Å². The highest BCUT2D eigenvalue weighted by atomic mass is 16.5. The van der Waals surface area contributed by atoms with Gasteiger partial charge < -0.3 is 14.1 Å². The number of amides is 1. The van der Waals surface area contributed by atoms with E-state index in [-0.39, 0.29) is 12.0 Å². The van der Waals surface area contributed by atoms with Gasteiger partial charge in [-0.15, -0.1) is 0 Å². The number of oxazole rings is 1. The predicted molar refractivity (Wildman–Crippen MR) is 111 cm³/mol. The van der Waals surface area contributed by atoms with E-state index in [2.05, 4.69) is 17.1 Å². The summed E-state index contributed by atoms with van der Waals surface area (Å²) in [7, 11) is 0. The van der Waals surface area contributed by atoms with E-state index >= 15 is 0 Å². The maximum absolute atomic E-state index is 13.2. The molecule has 0 radical (unpaired) electrons. The Morgan fingerprint density at radius 1 is 1.07 bits per heavy atom. The molecule has 29 heavy (non-hydrogen) atoms. The average Bonchev–Trinajstić information content (AvgIpc) is 3.23. The number of rotatable bonds is 7. The van der Waals surface area contributed by atoms with Crippen molar-refractivity contribution >= 4 is 17.0 Å². The molecule has 0 bridgehead atoms. The Hall–Kier alpha value is -2.66. The van der Waals surface area contributed by atoms with E-state index in [1.54, 1.807) is 0 Å². The van der Waals surface area contributed by atoms with Gasteiger partial charge in [-0.1, -0.05) is 30.3 Å². The fourth-order valence-electron chi connectivity index (χ4n) is 4.02. The molecule has 1 aliphatic carbocycles. The van der Waals surface area contributed by atoms with E-state index in [0.717, 1.165) is 42.7 Å². The second kappa shape index (κ2) is 7.99. The Labute approximate surface area is 170 Å². The molecule has 3 aromatic rings. The molecular formula is C24H26N2O3. The molecule has 5 heteroatoms. The minimum atomic E-state index is 0.0712. The maximum Gasteiger partial charge on any atom is 0.254 e. The van der Waals surface area contributed by atoms with Gasteiger partial charge in [0.1, 0.15) is 5.52 Å². The summed E-state index contributed by atoms with van der Waals surface area (Å²) < 4.78 is 11.7. The molecule has 1 atom stereocenters. The van der Waals surface area contributed by atoms with Crippen molar-refractivity contribution in [1.82, 2.24) is 9.88 Å². The first-order valence-corrected chi connectivity index (χ1v) is 10.6. The van der Waals surface area contributed by atoms with Gasteiger partial charge in [-0.2, -0.15) is 0 Å². The van der Waals surface area contributed by atoms with Gasteiger partial charge in [0.15, 0.2) is 11.5 Å². The first kappa shape index (κ1) is 18.4. The van der Waals surface area contributed by atoms with Crippen molar-refractivity contribution in [3.05, 3.63) is 65.5 Å². The molecule has 2 aliphatic rings. The Balaban J connectivity index is 1.35. The summed E-state index contributed by atoms with van der Waals surface area (Å²) in [6.07, 6.45) is 5.39. The van der Waals surface area contributed by atoms with E-state index in [1.807, 2.05) is 41.3 Å². The van der Waals surface area contributed by atoms with Gasteiger partial charge in [0.05, 0.1) is 6.10 Å². The lowest BCUT2D eigenvalue weighted by Gasteiger charge is -2.25. The standard InChI is InChI=1S/C24H26N2O3/c27-24(26(15-18-8-9-18)16-20-7-4-12-28-20)19-10-11-22-21(14-19)25-23(29-22)13-17-5-2-1-3-6-17/h1-3,5-6,10-11,14,18,20H,4,7-9,12-13,15-16H2/t20-/m0/s1. The third-order valence-electron chi connectivity index (χ3n) is 5.79. The first-order valence-electron chi connectivity index (χ1n) is 10.6. The number of aromatic nitrogens is 1. The summed E-state index contributed by atoms with van der Waals surface area (Å²) in [5, 5.41) is 0. The average molecular weight is 390 g/mol. The summed E-state index contributed by atoms with van der Waals surface area (Å²) >= 11 is 0. The van der Waals surface area contributed by atoms with Crippen LogP contribution in [0.3, 0.4) is 0 Å². The molecule has 2 aromatic carbocycles. The van der Waals surface area contributed by atoms with Crippen LogP contribution in [-0.4, -0.2) is 41.6 Å². The molecule has 0 N–H and O–H groups in total. The van der Waals surface area contributed by atoms with E-state index in [4.69, 9.17) is 9.15 Å². The predicted octanol–water partition coefficient (Wildman–Crippen LogP) is 4.45. The number of carbonyl (C=O) groups is 1. The third-order valence-corrected chi connectivity index (χ3v) is 5.79. The molecule has 1 saturated carbocycles. The van der Waals surface area contributed by atoms with E-state index in [9.17, 15) is 4.79 Å². The van der Waals surface area contributed by atoms with Crippen LogP contribution in [0.1, 0.15) is 47.5 Å². The van der Waals surface area contributed by atoms with Gasteiger partial charge in [-0.3, -0.25) is 4.79 Å². The SMILES string of the molecule is O=C(c1ccc2oc(Cc3ccccc3)nc2c1)N(CC1CC1)C[C@@H]1CCCO1. The summed E-state index contributed by atoms with van der Waals surface area (Å²) in [4.78, 5) is 19.9. The van der Waals surface area contributed by atoms with Crippen molar-refractivity contribution in [3.8, 4) is 0 Å². The van der Waals surface area contributed by atoms with Gasteiger partial charge in [0.25, 0.3) is 5.91 Å². The van der Waals surface area contributed by atoms with E-state index in [0.29, 0.717) is 30.3 Å². The van der Waals surface area contributed by atoms with Gasteiger partial charge in [-0.25, -0.2) is 4.98 Å². The monoisotopic (exact) mass is 390 g/mol. The van der Waals surface area contributed by atoms with Gasteiger partial charge in [0, 0.05) is 31.7 Å². The zero-order valence-corrected chi connectivity index (χ0v) is 16.5. The molecule has 5 nitrogen and oxygen atoms in total. The Bertz CT molecular complexity index is 988. The van der Waals surface area contributed by atoms with Crippen LogP contribution in [0.4, 0.5) is 0 Å². The van der Waals surface area contributed by atoms with Crippen LogP contribution in [0, 0.1) is 5.92 Å². The number of fused-ring (bicyclic) bond motifs is 1. The number of hydrogen-bond acceptors (Lipinski definition) is 4. The molecule has 0 unspecified atom stereocenters. The first-order chi connectivity index (χ1) is 14.2. The molecule has 1 amide bonds. The lowest BCUT2D eigenvalue weighted by atomic mass is 10.1. The smallest absolute Gasteiger partial charge is 0.254 e. The quantitative estimate of drug-likeness (QED) is 0.598. The van der Waals surface area contributed by atoms with Gasteiger partial charge in [-0.05, 0) is 55.4 Å². The van der Waals surface area contributed by atoms with Crippen molar-refractivity contribution in [3.63, 3.8) is 0 Å². The fraction of sp³-hybridized carbons (Fsp3) is 0.417. The normalized spacial score (nSPS) is 19.0. The zero-order valence-electron chi connectivity index (χ0n) is 16.5. The Morgan fingerprint density at radius 3 is 2.69 bits per heavy atom. The van der Waals surface area contributed by atoms with E-state index in [1.165, 1.54) is 12.8 Å². The summed E-state index contributed by atoms with van der Waals surface area (Å²) in [5.41, 5.74) is 3.30. The highest BCUT2D eigenvalue weighted by Crippen LogP contribution is 2.31. The number of nitrogens with zero attached hydrogens (tertiary/aromatic N) is 2. The molecule has 5 rings (SSSR count). The second-order valence-electron chi connectivity index (χ2n) is 8.24. The van der Waals surface area contributed by atoms with Gasteiger partial charge in [0.2, 0.25) is 0 Å². The molecule has 150 valence electrons. The third kappa shape index (κ3) is 4.35. The highest BCUT2D eigenvalue weighted by Gasteiger charge is 2.30. The lowest BCUT2D eigenvalue weighted by molar-refractivity contribution is 0.0515. The van der Waals surface area contributed by atoms with Crippen molar-refractivity contribution < 1.29 is 13.9 Å². The highest BCUT2D eigenvalue weighted by molar-refractivity contribution is 5.97. The number of benzene rings is 2. The largest absolute Gasteiger partial charge is 0.440 e. The van der Waals surface area contributed by atoms with Crippen LogP contribution in [-0.2, 0) is 11.2 Å². The van der Waals surface area contributed by atoms with Crippen molar-refractivity contribution in [2.45, 2.75) is 38.2 Å². The van der Waals surface area contributed by atoms with E-state index < -0.39 is 0 Å². The number of ether oxygens (including phenoxy) is 1. The minimum Gasteiger partial charge on any atom is -0.440 e. The molecule has 1 aliphatic heterocycles. The summed E-state index contributed by atoms with van der Waals surface area (Å²) in [6.45, 7) is 2.32. The van der Waals surface area contributed by atoms with Crippen LogP contribution in [0.25, 0.3) is 11.1 Å². The zero-order chi connectivity index (χ0) is 19.6. The van der Waals surface area contributed by atoms with Crippen LogP contribution >= 0.6 is 0 Å². The molecule has 1 saturated heterocycles. The number of carbonyl (C=O) groups excluding carboxylic acids is 1. The van der Waals surface area contributed by atoms with Crippen molar-refractivity contribution in [2.24, 2.45) is 5.92 Å². The Morgan fingerprint density at radius 2 is 1.93 bits per heavy atom. The molecule has 1 aromatic heterocycles. The number of hydrogen-bond donors (Lipinski definition) is 0. The lowest BCUT2D eigenvalue weighted by Crippen LogP contribution is -2.38. The van der Waals surface area contributed by atoms with Crippen molar-refractivity contribution in [1.29, 1.82) is 0 Å². The second-order valence-corrected chi connectivity index (χ2v) is 8.24. The summed E-state index contributed by atoms with van der Waals surface area (Å²) in [6, 6.07) is 15.7. The van der Waals surface area contributed by atoms with Crippen molar-refractivity contribution in [2.75, 3.05) is 19.7 Å². The van der Waals surface area contributed by atoms with Crippen LogP contribution < -0.4 is 0 Å². The van der Waals surface area contributed by atoms with Gasteiger partial charge >= 0.3 is 0 Å². The molecule has 2 heterocycles. The molecule has 2 fully saturated rings. The fourth-order valence-corrected chi connectivity index (χ4v) is 4.02. The minimum absolute atomic E-state index is 0.0712. The maximum atomic E-state index is 13.2. The topological polar surface area (TPSA) is 55.6 Å².